The Bertz CT molecular complexity index is 471. The second kappa shape index (κ2) is 6.27. The molecule has 0 radical (unpaired) electrons. The Labute approximate surface area is 120 Å². The number of urea groups is 1. The molecular weight excluding hydrogens is 252 g/mol. The van der Waals surface area contributed by atoms with Crippen molar-refractivity contribution < 1.29 is 9.90 Å². The van der Waals surface area contributed by atoms with Crippen LogP contribution >= 0.6 is 0 Å². The average molecular weight is 276 g/mol. The zero-order valence-electron chi connectivity index (χ0n) is 12.5. The van der Waals surface area contributed by atoms with Crippen LogP contribution in [-0.4, -0.2) is 35.7 Å². The van der Waals surface area contributed by atoms with Crippen LogP contribution in [0.2, 0.25) is 0 Å². The number of rotatable bonds is 5. The first-order valence-electron chi connectivity index (χ1n) is 7.24. The summed E-state index contributed by atoms with van der Waals surface area (Å²) in [5, 5.41) is 12.9. The predicted molar refractivity (Wildman–Crippen MR) is 79.5 cm³/mol. The van der Waals surface area contributed by atoms with E-state index in [1.165, 1.54) is 5.56 Å². The van der Waals surface area contributed by atoms with Gasteiger partial charge in [-0.25, -0.2) is 4.79 Å². The molecule has 1 aromatic carbocycles. The van der Waals surface area contributed by atoms with Gasteiger partial charge >= 0.3 is 6.03 Å². The van der Waals surface area contributed by atoms with E-state index < -0.39 is 0 Å². The molecule has 1 aliphatic carbocycles. The highest BCUT2D eigenvalue weighted by molar-refractivity contribution is 5.74. The predicted octanol–water partition coefficient (Wildman–Crippen LogP) is 2.47. The molecule has 110 valence electrons. The van der Waals surface area contributed by atoms with Gasteiger partial charge in [-0.15, -0.1) is 0 Å². The monoisotopic (exact) mass is 276 g/mol. The van der Waals surface area contributed by atoms with E-state index in [0.29, 0.717) is 12.5 Å². The van der Waals surface area contributed by atoms with Gasteiger partial charge in [0.2, 0.25) is 0 Å². The summed E-state index contributed by atoms with van der Waals surface area (Å²) in [5.41, 5.74) is 2.29. The molecule has 1 aromatic rings. The van der Waals surface area contributed by atoms with Crippen LogP contribution in [0, 0.1) is 12.8 Å². The van der Waals surface area contributed by atoms with Crippen LogP contribution in [0.1, 0.15) is 36.9 Å². The summed E-state index contributed by atoms with van der Waals surface area (Å²) in [6, 6.07) is 7.86. The summed E-state index contributed by atoms with van der Waals surface area (Å²) < 4.78 is 0. The first-order valence-corrected chi connectivity index (χ1v) is 7.24. The third kappa shape index (κ3) is 3.73. The molecule has 2 unspecified atom stereocenters. The number of benzene rings is 1. The Balaban J connectivity index is 1.88. The molecular formula is C16H24N2O2. The van der Waals surface area contributed by atoms with Crippen molar-refractivity contribution in [1.29, 1.82) is 0 Å². The molecule has 4 heteroatoms. The van der Waals surface area contributed by atoms with Crippen LogP contribution in [-0.2, 0) is 0 Å². The summed E-state index contributed by atoms with van der Waals surface area (Å²) in [4.78, 5) is 13.7. The number of hydrogen-bond donors (Lipinski definition) is 2. The Morgan fingerprint density at radius 1 is 1.45 bits per heavy atom. The van der Waals surface area contributed by atoms with Gasteiger partial charge in [-0.1, -0.05) is 24.3 Å². The van der Waals surface area contributed by atoms with Gasteiger partial charge in [0, 0.05) is 13.6 Å². The van der Waals surface area contributed by atoms with Crippen molar-refractivity contribution in [2.75, 3.05) is 13.6 Å². The normalized spacial score (nSPS) is 17.4. The van der Waals surface area contributed by atoms with Crippen molar-refractivity contribution in [2.45, 2.75) is 38.8 Å². The van der Waals surface area contributed by atoms with E-state index in [0.717, 1.165) is 18.4 Å². The maximum Gasteiger partial charge on any atom is 0.317 e. The maximum absolute atomic E-state index is 12.1. The highest BCUT2D eigenvalue weighted by Gasteiger charge is 2.31. The molecule has 0 spiro atoms. The lowest BCUT2D eigenvalue weighted by Crippen LogP contribution is -2.42. The van der Waals surface area contributed by atoms with Crippen molar-refractivity contribution in [3.63, 3.8) is 0 Å². The Kier molecular flexibility index (Phi) is 4.65. The number of aliphatic hydroxyl groups excluding tert-OH is 1. The van der Waals surface area contributed by atoms with Crippen molar-refractivity contribution in [2.24, 2.45) is 5.92 Å². The third-order valence-corrected chi connectivity index (χ3v) is 3.97. The first-order chi connectivity index (χ1) is 9.49. The Hall–Kier alpha value is -1.55. The lowest BCUT2D eigenvalue weighted by molar-refractivity contribution is 0.113. The van der Waals surface area contributed by atoms with Crippen molar-refractivity contribution in [3.05, 3.63) is 35.4 Å². The van der Waals surface area contributed by atoms with E-state index >= 15 is 0 Å². The SMILES string of the molecule is Cc1ccccc1C(C)NC(=O)N(C)CC(O)C1CC1. The number of carbonyl (C=O) groups is 1. The van der Waals surface area contributed by atoms with Gasteiger partial charge in [0.15, 0.2) is 0 Å². The highest BCUT2D eigenvalue weighted by Crippen LogP contribution is 2.32. The number of aliphatic hydroxyl groups is 1. The van der Waals surface area contributed by atoms with E-state index in [-0.39, 0.29) is 18.2 Å². The summed E-state index contributed by atoms with van der Waals surface area (Å²) in [6.45, 7) is 4.42. The minimum absolute atomic E-state index is 0.0378. The number of hydrogen-bond acceptors (Lipinski definition) is 2. The summed E-state index contributed by atoms with van der Waals surface area (Å²) in [7, 11) is 1.73. The molecule has 0 saturated heterocycles. The quantitative estimate of drug-likeness (QED) is 0.868. The minimum atomic E-state index is -0.389. The lowest BCUT2D eigenvalue weighted by Gasteiger charge is -2.24. The van der Waals surface area contributed by atoms with Gasteiger partial charge < -0.3 is 15.3 Å². The number of nitrogens with one attached hydrogen (secondary N) is 1. The summed E-state index contributed by atoms with van der Waals surface area (Å²) >= 11 is 0. The number of nitrogens with zero attached hydrogens (tertiary/aromatic N) is 1. The molecule has 1 aliphatic rings. The molecule has 0 aliphatic heterocycles. The molecule has 0 heterocycles. The lowest BCUT2D eigenvalue weighted by atomic mass is 10.0. The zero-order valence-corrected chi connectivity index (χ0v) is 12.5. The maximum atomic E-state index is 12.1. The number of likely N-dealkylation sites (N-methyl/N-ethyl adjacent to an activating group) is 1. The van der Waals surface area contributed by atoms with Crippen LogP contribution in [0.5, 0.6) is 0 Å². The molecule has 1 saturated carbocycles. The molecule has 4 nitrogen and oxygen atoms in total. The van der Waals surface area contributed by atoms with E-state index in [1.54, 1.807) is 11.9 Å². The number of amides is 2. The van der Waals surface area contributed by atoms with Crippen molar-refractivity contribution in [3.8, 4) is 0 Å². The van der Waals surface area contributed by atoms with Gasteiger partial charge in [0.05, 0.1) is 12.1 Å². The fourth-order valence-corrected chi connectivity index (χ4v) is 2.44. The number of aryl methyl sites for hydroxylation is 1. The molecule has 0 bridgehead atoms. The van der Waals surface area contributed by atoms with Gasteiger partial charge in [-0.3, -0.25) is 0 Å². The zero-order chi connectivity index (χ0) is 14.7. The van der Waals surface area contributed by atoms with E-state index in [1.807, 2.05) is 38.1 Å². The van der Waals surface area contributed by atoms with Crippen LogP contribution in [0.15, 0.2) is 24.3 Å². The summed E-state index contributed by atoms with van der Waals surface area (Å²) in [6.07, 6.45) is 1.77. The van der Waals surface area contributed by atoms with Crippen LogP contribution < -0.4 is 5.32 Å². The smallest absolute Gasteiger partial charge is 0.317 e. The second-order valence-corrected chi connectivity index (χ2v) is 5.81. The Morgan fingerprint density at radius 3 is 2.70 bits per heavy atom. The molecule has 2 amide bonds. The first kappa shape index (κ1) is 14.9. The molecule has 1 fully saturated rings. The highest BCUT2D eigenvalue weighted by atomic mass is 16.3. The van der Waals surface area contributed by atoms with Gasteiger partial charge in [0.25, 0.3) is 0 Å². The fourth-order valence-electron chi connectivity index (χ4n) is 2.44. The largest absolute Gasteiger partial charge is 0.391 e. The van der Waals surface area contributed by atoms with Gasteiger partial charge in [-0.05, 0) is 43.7 Å². The minimum Gasteiger partial charge on any atom is -0.391 e. The summed E-state index contributed by atoms with van der Waals surface area (Å²) in [5.74, 6) is 0.388. The average Bonchev–Trinajstić information content (AvgIpc) is 3.23. The van der Waals surface area contributed by atoms with Crippen LogP contribution in [0.25, 0.3) is 0 Å². The molecule has 20 heavy (non-hydrogen) atoms. The molecule has 2 N–H and O–H groups in total. The topological polar surface area (TPSA) is 52.6 Å². The van der Waals surface area contributed by atoms with Crippen molar-refractivity contribution >= 4 is 6.03 Å². The van der Waals surface area contributed by atoms with Crippen LogP contribution in [0.3, 0.4) is 0 Å². The van der Waals surface area contributed by atoms with Gasteiger partial charge in [-0.2, -0.15) is 0 Å². The molecule has 0 aromatic heterocycles. The van der Waals surface area contributed by atoms with Gasteiger partial charge in [0.1, 0.15) is 0 Å². The fraction of sp³-hybridized carbons (Fsp3) is 0.562. The molecule has 2 atom stereocenters. The van der Waals surface area contributed by atoms with E-state index in [9.17, 15) is 9.90 Å². The van der Waals surface area contributed by atoms with E-state index in [2.05, 4.69) is 5.32 Å². The molecule has 2 rings (SSSR count). The van der Waals surface area contributed by atoms with Crippen LogP contribution in [0.4, 0.5) is 4.79 Å². The van der Waals surface area contributed by atoms with E-state index in [4.69, 9.17) is 0 Å². The van der Waals surface area contributed by atoms with Crippen molar-refractivity contribution in [1.82, 2.24) is 10.2 Å². The number of carbonyl (C=O) groups excluding carboxylic acids is 1. The third-order valence-electron chi connectivity index (χ3n) is 3.97. The standard InChI is InChI=1S/C16H24N2O2/c1-11-6-4-5-7-14(11)12(2)17-16(20)18(3)10-15(19)13-8-9-13/h4-7,12-13,15,19H,8-10H2,1-3H3,(H,17,20). The Morgan fingerprint density at radius 2 is 2.10 bits per heavy atom. The second-order valence-electron chi connectivity index (χ2n) is 5.81.